The van der Waals surface area contributed by atoms with Gasteiger partial charge in [0.2, 0.25) is 0 Å². The highest BCUT2D eigenvalue weighted by atomic mass is 19.1. The predicted molar refractivity (Wildman–Crippen MR) is 102 cm³/mol. The maximum absolute atomic E-state index is 13.5. The first kappa shape index (κ1) is 18.6. The second-order valence-corrected chi connectivity index (χ2v) is 7.23. The van der Waals surface area contributed by atoms with Gasteiger partial charge in [-0.15, -0.1) is 0 Å². The van der Waals surface area contributed by atoms with Gasteiger partial charge in [0.05, 0.1) is 22.8 Å². The van der Waals surface area contributed by atoms with Crippen LogP contribution in [-0.2, 0) is 6.67 Å². The Morgan fingerprint density at radius 1 is 1.21 bits per heavy atom. The molecule has 0 saturated heterocycles. The molecule has 2 aliphatic rings. The number of alkyl halides is 3. The first-order valence-corrected chi connectivity index (χ1v) is 9.45. The van der Waals surface area contributed by atoms with Gasteiger partial charge in [0.25, 0.3) is 0 Å². The minimum absolute atomic E-state index is 0.173. The standard InChI is InChI=1S/C21H21F3N4/c22-10-14-5-6-17-18(13-25)20(28(19(17)9-14)15-3-1-4-15)21-26-7-2-8-27(21)16(11-23)12-24/h2,5-9,15-16,21H,1,3-4,10-12H2. The van der Waals surface area contributed by atoms with E-state index in [1.54, 1.807) is 41.6 Å². The quantitative estimate of drug-likeness (QED) is 0.708. The topological polar surface area (TPSA) is 44.3 Å². The largest absolute Gasteiger partial charge is 0.343 e. The zero-order valence-corrected chi connectivity index (χ0v) is 15.4. The van der Waals surface area contributed by atoms with Crippen molar-refractivity contribution in [2.24, 2.45) is 4.99 Å². The van der Waals surface area contributed by atoms with E-state index in [1.165, 1.54) is 0 Å². The first-order chi connectivity index (χ1) is 13.7. The van der Waals surface area contributed by atoms with E-state index in [0.717, 1.165) is 30.2 Å². The van der Waals surface area contributed by atoms with Gasteiger partial charge >= 0.3 is 0 Å². The molecule has 0 N–H and O–H groups in total. The molecular formula is C21H21F3N4. The Morgan fingerprint density at radius 3 is 2.61 bits per heavy atom. The summed E-state index contributed by atoms with van der Waals surface area (Å²) < 4.78 is 42.3. The summed E-state index contributed by atoms with van der Waals surface area (Å²) in [7, 11) is 0. The minimum Gasteiger partial charge on any atom is -0.343 e. The summed E-state index contributed by atoms with van der Waals surface area (Å²) >= 11 is 0. The molecule has 146 valence electrons. The van der Waals surface area contributed by atoms with Crippen LogP contribution in [0.25, 0.3) is 10.9 Å². The van der Waals surface area contributed by atoms with Crippen molar-refractivity contribution in [3.63, 3.8) is 0 Å². The molecule has 0 radical (unpaired) electrons. The Labute approximate surface area is 161 Å². The van der Waals surface area contributed by atoms with E-state index < -0.39 is 32.2 Å². The molecule has 4 nitrogen and oxygen atoms in total. The zero-order valence-electron chi connectivity index (χ0n) is 15.4. The third-order valence-corrected chi connectivity index (χ3v) is 5.69. The normalized spacial score (nSPS) is 19.4. The Balaban J connectivity index is 1.95. The second kappa shape index (κ2) is 7.70. The fourth-order valence-corrected chi connectivity index (χ4v) is 4.03. The van der Waals surface area contributed by atoms with Crippen molar-refractivity contribution >= 4 is 17.1 Å². The van der Waals surface area contributed by atoms with Crippen LogP contribution in [0.5, 0.6) is 0 Å². The summed E-state index contributed by atoms with van der Waals surface area (Å²) in [6, 6.07) is 6.67. The van der Waals surface area contributed by atoms with E-state index in [-0.39, 0.29) is 6.04 Å². The van der Waals surface area contributed by atoms with Gasteiger partial charge in [0.1, 0.15) is 26.1 Å². The summed E-state index contributed by atoms with van der Waals surface area (Å²) in [5.74, 6) is 0. The van der Waals surface area contributed by atoms with E-state index >= 15 is 0 Å². The fraction of sp³-hybridized carbons (Fsp3) is 0.429. The molecule has 1 aliphatic carbocycles. The Bertz CT molecular complexity index is 964. The number of aliphatic imine (C=N–C) groups is 1. The van der Waals surface area contributed by atoms with Crippen LogP contribution >= 0.6 is 0 Å². The van der Waals surface area contributed by atoms with Crippen molar-refractivity contribution in [2.45, 2.75) is 44.2 Å². The van der Waals surface area contributed by atoms with Crippen LogP contribution in [0.3, 0.4) is 0 Å². The molecule has 0 spiro atoms. The minimum atomic E-state index is -0.973. The molecule has 1 unspecified atom stereocenters. The third-order valence-electron chi connectivity index (χ3n) is 5.69. The molecular weight excluding hydrogens is 365 g/mol. The number of nitriles is 1. The maximum atomic E-state index is 13.5. The van der Waals surface area contributed by atoms with Gasteiger partial charge in [0, 0.05) is 23.8 Å². The van der Waals surface area contributed by atoms with Crippen molar-refractivity contribution in [3.8, 4) is 6.07 Å². The van der Waals surface area contributed by atoms with E-state index in [2.05, 4.69) is 15.6 Å². The maximum Gasteiger partial charge on any atom is 0.163 e. The van der Waals surface area contributed by atoms with Crippen LogP contribution < -0.4 is 0 Å². The van der Waals surface area contributed by atoms with E-state index in [9.17, 15) is 18.4 Å². The highest BCUT2D eigenvalue weighted by Gasteiger charge is 2.35. The van der Waals surface area contributed by atoms with Crippen LogP contribution in [0.4, 0.5) is 13.2 Å². The average Bonchev–Trinajstić information content (AvgIpc) is 3.01. The van der Waals surface area contributed by atoms with Crippen molar-refractivity contribution in [3.05, 3.63) is 47.3 Å². The molecule has 4 rings (SSSR count). The summed E-state index contributed by atoms with van der Waals surface area (Å²) in [4.78, 5) is 6.02. The number of nitrogens with zero attached hydrogens (tertiary/aromatic N) is 4. The van der Waals surface area contributed by atoms with Gasteiger partial charge in [-0.05, 0) is 37.0 Å². The molecule has 1 aromatic heterocycles. The number of rotatable bonds is 6. The second-order valence-electron chi connectivity index (χ2n) is 7.23. The number of aromatic nitrogens is 1. The van der Waals surface area contributed by atoms with Crippen molar-refractivity contribution in [1.29, 1.82) is 5.26 Å². The van der Waals surface area contributed by atoms with Crippen LogP contribution in [-0.4, -0.2) is 35.1 Å². The molecule has 1 fully saturated rings. The number of fused-ring (bicyclic) bond motifs is 1. The molecule has 1 aliphatic heterocycles. The summed E-state index contributed by atoms with van der Waals surface area (Å²) in [5.41, 5.74) is 2.39. The summed E-state index contributed by atoms with van der Waals surface area (Å²) in [6.45, 7) is -2.31. The van der Waals surface area contributed by atoms with Crippen LogP contribution in [0.1, 0.15) is 48.3 Å². The zero-order chi connectivity index (χ0) is 19.7. The van der Waals surface area contributed by atoms with Gasteiger partial charge < -0.3 is 9.47 Å². The molecule has 28 heavy (non-hydrogen) atoms. The Hall–Kier alpha value is -2.75. The van der Waals surface area contributed by atoms with Gasteiger partial charge in [-0.1, -0.05) is 12.1 Å². The van der Waals surface area contributed by atoms with Crippen molar-refractivity contribution < 1.29 is 13.2 Å². The molecule has 0 amide bonds. The van der Waals surface area contributed by atoms with Gasteiger partial charge in [0.15, 0.2) is 6.17 Å². The lowest BCUT2D eigenvalue weighted by Gasteiger charge is -2.37. The van der Waals surface area contributed by atoms with Gasteiger partial charge in [-0.25, -0.2) is 13.2 Å². The number of hydrogen-bond acceptors (Lipinski definition) is 3. The monoisotopic (exact) mass is 386 g/mol. The molecule has 1 atom stereocenters. The predicted octanol–water partition coefficient (Wildman–Crippen LogP) is 4.91. The van der Waals surface area contributed by atoms with Gasteiger partial charge in [-0.3, -0.25) is 4.99 Å². The SMILES string of the molecule is N#Cc1c(C2N=CC=CN2C(CF)CF)n(C2CCC2)c2cc(CF)ccc12. The van der Waals surface area contributed by atoms with E-state index in [0.29, 0.717) is 16.8 Å². The fourth-order valence-electron chi connectivity index (χ4n) is 4.03. The summed E-state index contributed by atoms with van der Waals surface area (Å²) in [6.07, 6.45) is 7.12. The van der Waals surface area contributed by atoms with Crippen molar-refractivity contribution in [1.82, 2.24) is 9.47 Å². The number of allylic oxidation sites excluding steroid dienone is 1. The average molecular weight is 386 g/mol. The molecule has 2 heterocycles. The lowest BCUT2D eigenvalue weighted by molar-refractivity contribution is 0.140. The van der Waals surface area contributed by atoms with Crippen LogP contribution in [0, 0.1) is 11.3 Å². The number of hydrogen-bond donors (Lipinski definition) is 0. The third kappa shape index (κ3) is 2.88. The first-order valence-electron chi connectivity index (χ1n) is 9.45. The smallest absolute Gasteiger partial charge is 0.163 e. The van der Waals surface area contributed by atoms with Crippen molar-refractivity contribution in [2.75, 3.05) is 13.3 Å². The Kier molecular flexibility index (Phi) is 5.12. The lowest BCUT2D eigenvalue weighted by Crippen LogP contribution is -2.39. The molecule has 1 aromatic carbocycles. The van der Waals surface area contributed by atoms with Gasteiger partial charge in [-0.2, -0.15) is 5.26 Å². The molecule has 1 saturated carbocycles. The van der Waals surface area contributed by atoms with E-state index in [1.807, 2.05) is 0 Å². The number of benzene rings is 1. The highest BCUT2D eigenvalue weighted by Crippen LogP contribution is 2.43. The highest BCUT2D eigenvalue weighted by molar-refractivity contribution is 5.89. The van der Waals surface area contributed by atoms with Crippen LogP contribution in [0.15, 0.2) is 35.5 Å². The molecule has 7 heteroatoms. The number of halogens is 3. The van der Waals surface area contributed by atoms with E-state index in [4.69, 9.17) is 0 Å². The summed E-state index contributed by atoms with van der Waals surface area (Å²) in [5, 5.41) is 10.7. The molecule has 0 bridgehead atoms. The molecule has 2 aromatic rings. The Morgan fingerprint density at radius 2 is 2.00 bits per heavy atom. The lowest BCUT2D eigenvalue weighted by atomic mass is 9.92. The van der Waals surface area contributed by atoms with Crippen LogP contribution in [0.2, 0.25) is 0 Å².